The molecule has 0 aliphatic heterocycles. The Morgan fingerprint density at radius 3 is 2.89 bits per heavy atom. The summed E-state index contributed by atoms with van der Waals surface area (Å²) >= 11 is 0. The van der Waals surface area contributed by atoms with E-state index in [0.717, 1.165) is 22.3 Å². The molecule has 19 heavy (non-hydrogen) atoms. The van der Waals surface area contributed by atoms with Crippen LogP contribution in [0.1, 0.15) is 6.92 Å². The molecule has 0 spiro atoms. The largest absolute Gasteiger partial charge is 0.497 e. The zero-order chi connectivity index (χ0) is 13.8. The lowest BCUT2D eigenvalue weighted by molar-refractivity contribution is 0.415. The number of nitrogens with zero attached hydrogens (tertiary/aromatic N) is 3. The molecule has 0 aliphatic carbocycles. The van der Waals surface area contributed by atoms with Crippen LogP contribution in [0.15, 0.2) is 30.5 Å². The van der Waals surface area contributed by atoms with Gasteiger partial charge in [-0.25, -0.2) is 4.98 Å². The molecule has 1 aromatic heterocycles. The highest BCUT2D eigenvalue weighted by atomic mass is 16.5. The van der Waals surface area contributed by atoms with Gasteiger partial charge in [-0.2, -0.15) is 5.26 Å². The van der Waals surface area contributed by atoms with Gasteiger partial charge in [0.05, 0.1) is 19.1 Å². The van der Waals surface area contributed by atoms with Crippen LogP contribution in [0.3, 0.4) is 0 Å². The maximum absolute atomic E-state index is 8.90. The molecule has 98 valence electrons. The summed E-state index contributed by atoms with van der Waals surface area (Å²) in [5, 5.41) is 11.0. The van der Waals surface area contributed by atoms with Crippen molar-refractivity contribution in [3.05, 3.63) is 30.5 Å². The normalized spacial score (nSPS) is 11.9. The van der Waals surface area contributed by atoms with Crippen LogP contribution < -0.4 is 9.64 Å². The molecule has 0 saturated heterocycles. The first-order chi connectivity index (χ1) is 9.15. The molecule has 0 aliphatic rings. The Kier molecular flexibility index (Phi) is 3.86. The predicted octanol–water partition coefficient (Wildman–Crippen LogP) is 2.84. The van der Waals surface area contributed by atoms with Crippen molar-refractivity contribution >= 4 is 16.6 Å². The molecule has 0 N–H and O–H groups in total. The molecule has 0 fully saturated rings. The second kappa shape index (κ2) is 5.57. The highest BCUT2D eigenvalue weighted by molar-refractivity contribution is 5.93. The van der Waals surface area contributed by atoms with Crippen molar-refractivity contribution in [1.82, 2.24) is 4.98 Å². The lowest BCUT2D eigenvalue weighted by Gasteiger charge is -2.21. The summed E-state index contributed by atoms with van der Waals surface area (Å²) in [6.45, 7) is 2.57. The van der Waals surface area contributed by atoms with Gasteiger partial charge in [-0.1, -0.05) is 0 Å². The molecule has 1 heterocycles. The molecular formula is C15H17N3O. The average Bonchev–Trinajstić information content (AvgIpc) is 2.45. The van der Waals surface area contributed by atoms with Crippen LogP contribution in [0.4, 0.5) is 5.82 Å². The summed E-state index contributed by atoms with van der Waals surface area (Å²) in [6, 6.07) is 10.1. The Morgan fingerprint density at radius 2 is 2.21 bits per heavy atom. The zero-order valence-electron chi connectivity index (χ0n) is 11.4. The maximum Gasteiger partial charge on any atom is 0.136 e. The maximum atomic E-state index is 8.90. The van der Waals surface area contributed by atoms with Gasteiger partial charge in [0, 0.05) is 25.2 Å². The van der Waals surface area contributed by atoms with Crippen molar-refractivity contribution in [3.8, 4) is 11.8 Å². The Morgan fingerprint density at radius 1 is 1.42 bits per heavy atom. The Balaban J connectivity index is 2.41. The second-order valence-electron chi connectivity index (χ2n) is 4.63. The number of pyridine rings is 1. The van der Waals surface area contributed by atoms with Gasteiger partial charge in [-0.15, -0.1) is 0 Å². The first-order valence-corrected chi connectivity index (χ1v) is 6.19. The number of anilines is 1. The third-order valence-corrected chi connectivity index (χ3v) is 3.08. The highest BCUT2D eigenvalue weighted by Crippen LogP contribution is 2.27. The van der Waals surface area contributed by atoms with Crippen molar-refractivity contribution in [2.24, 2.45) is 5.92 Å². The first kappa shape index (κ1) is 13.2. The SMILES string of the molecule is COc1ccc2c(N(C)CC(C)C#N)nccc2c1. The van der Waals surface area contributed by atoms with Crippen molar-refractivity contribution < 1.29 is 4.74 Å². The molecule has 1 unspecified atom stereocenters. The summed E-state index contributed by atoms with van der Waals surface area (Å²) in [5.74, 6) is 1.69. The predicted molar refractivity (Wildman–Crippen MR) is 76.3 cm³/mol. The van der Waals surface area contributed by atoms with Gasteiger partial charge in [0.25, 0.3) is 0 Å². The minimum absolute atomic E-state index is 0.0275. The van der Waals surface area contributed by atoms with Crippen molar-refractivity contribution in [2.75, 3.05) is 25.6 Å². The Labute approximate surface area is 113 Å². The molecule has 0 radical (unpaired) electrons. The second-order valence-corrected chi connectivity index (χ2v) is 4.63. The number of nitriles is 1. The van der Waals surface area contributed by atoms with E-state index in [2.05, 4.69) is 11.1 Å². The third kappa shape index (κ3) is 2.76. The number of aromatic nitrogens is 1. The lowest BCUT2D eigenvalue weighted by Crippen LogP contribution is -2.24. The van der Waals surface area contributed by atoms with Gasteiger partial charge < -0.3 is 9.64 Å². The monoisotopic (exact) mass is 255 g/mol. The van der Waals surface area contributed by atoms with Gasteiger partial charge >= 0.3 is 0 Å². The van der Waals surface area contributed by atoms with E-state index in [1.807, 2.05) is 43.1 Å². The molecule has 0 saturated carbocycles. The van der Waals surface area contributed by atoms with Gasteiger partial charge in [0.2, 0.25) is 0 Å². The fourth-order valence-corrected chi connectivity index (χ4v) is 2.11. The fourth-order valence-electron chi connectivity index (χ4n) is 2.11. The molecule has 1 aromatic carbocycles. The minimum atomic E-state index is -0.0275. The summed E-state index contributed by atoms with van der Waals surface area (Å²) in [4.78, 5) is 6.44. The van der Waals surface area contributed by atoms with Crippen molar-refractivity contribution in [1.29, 1.82) is 5.26 Å². The number of hydrogen-bond donors (Lipinski definition) is 0. The van der Waals surface area contributed by atoms with E-state index in [1.165, 1.54) is 0 Å². The van der Waals surface area contributed by atoms with Crippen LogP contribution in [0.2, 0.25) is 0 Å². The van der Waals surface area contributed by atoms with Crippen LogP contribution in [0, 0.1) is 17.2 Å². The number of hydrogen-bond acceptors (Lipinski definition) is 4. The van der Waals surface area contributed by atoms with Gasteiger partial charge in [-0.05, 0) is 36.6 Å². The Bertz CT molecular complexity index is 618. The molecule has 2 rings (SSSR count). The molecule has 0 bridgehead atoms. The lowest BCUT2D eigenvalue weighted by atomic mass is 10.1. The molecule has 4 heteroatoms. The molecular weight excluding hydrogens is 238 g/mol. The first-order valence-electron chi connectivity index (χ1n) is 6.19. The van der Waals surface area contributed by atoms with E-state index in [-0.39, 0.29) is 5.92 Å². The van der Waals surface area contributed by atoms with Crippen molar-refractivity contribution in [2.45, 2.75) is 6.92 Å². The summed E-state index contributed by atoms with van der Waals surface area (Å²) < 4.78 is 5.23. The molecule has 0 amide bonds. The summed E-state index contributed by atoms with van der Waals surface area (Å²) in [5.41, 5.74) is 0. The summed E-state index contributed by atoms with van der Waals surface area (Å²) in [7, 11) is 3.61. The minimum Gasteiger partial charge on any atom is -0.497 e. The van der Waals surface area contributed by atoms with Gasteiger partial charge in [-0.3, -0.25) is 0 Å². The van der Waals surface area contributed by atoms with E-state index in [9.17, 15) is 0 Å². The van der Waals surface area contributed by atoms with E-state index >= 15 is 0 Å². The topological polar surface area (TPSA) is 49.1 Å². The molecule has 1 atom stereocenters. The van der Waals surface area contributed by atoms with Crippen LogP contribution in [-0.2, 0) is 0 Å². The number of rotatable bonds is 4. The standard InChI is InChI=1S/C15H17N3O/c1-11(9-16)10-18(2)15-14-5-4-13(19-3)8-12(14)6-7-17-15/h4-8,11H,10H2,1-3H3. The van der Waals surface area contributed by atoms with E-state index in [4.69, 9.17) is 10.00 Å². The zero-order valence-corrected chi connectivity index (χ0v) is 11.4. The number of ether oxygens (including phenoxy) is 1. The number of methoxy groups -OCH3 is 1. The van der Waals surface area contributed by atoms with Gasteiger partial charge in [0.15, 0.2) is 0 Å². The van der Waals surface area contributed by atoms with Gasteiger partial charge in [0.1, 0.15) is 11.6 Å². The van der Waals surface area contributed by atoms with Crippen LogP contribution >= 0.6 is 0 Å². The highest BCUT2D eigenvalue weighted by Gasteiger charge is 2.11. The Hall–Kier alpha value is -2.28. The van der Waals surface area contributed by atoms with Crippen LogP contribution in [0.25, 0.3) is 10.8 Å². The molecule has 2 aromatic rings. The van der Waals surface area contributed by atoms with Crippen molar-refractivity contribution in [3.63, 3.8) is 0 Å². The van der Waals surface area contributed by atoms with Crippen LogP contribution in [-0.4, -0.2) is 25.7 Å². The van der Waals surface area contributed by atoms with E-state index < -0.39 is 0 Å². The number of benzene rings is 1. The van der Waals surface area contributed by atoms with Crippen LogP contribution in [0.5, 0.6) is 5.75 Å². The van der Waals surface area contributed by atoms with E-state index in [1.54, 1.807) is 13.3 Å². The fraction of sp³-hybridized carbons (Fsp3) is 0.333. The summed E-state index contributed by atoms with van der Waals surface area (Å²) in [6.07, 6.45) is 1.78. The molecule has 4 nitrogen and oxygen atoms in total. The number of fused-ring (bicyclic) bond motifs is 1. The smallest absolute Gasteiger partial charge is 0.136 e. The average molecular weight is 255 g/mol. The van der Waals surface area contributed by atoms with E-state index in [0.29, 0.717) is 6.54 Å². The quantitative estimate of drug-likeness (QED) is 0.843. The third-order valence-electron chi connectivity index (χ3n) is 3.08.